The first-order valence-corrected chi connectivity index (χ1v) is 9.97. The van der Waals surface area contributed by atoms with Crippen molar-refractivity contribution in [2.24, 2.45) is 22.8 Å². The summed E-state index contributed by atoms with van der Waals surface area (Å²) in [6.07, 6.45) is 0.300. The van der Waals surface area contributed by atoms with E-state index >= 15 is 4.39 Å². The number of fused-ring (bicyclic) bond motifs is 1. The molecule has 10 heteroatoms. The molecule has 164 valence electrons. The number of anilines is 1. The Morgan fingerprint density at radius 2 is 2.13 bits per heavy atom. The van der Waals surface area contributed by atoms with Gasteiger partial charge in [-0.1, -0.05) is 12.1 Å². The van der Waals surface area contributed by atoms with Crippen molar-refractivity contribution in [3.8, 4) is 0 Å². The third-order valence-electron chi connectivity index (χ3n) is 6.21. The maximum Gasteiger partial charge on any atom is 0.407 e. The molecule has 2 aliphatic rings. The number of nitrogens with two attached hydrogens (primary N) is 1. The van der Waals surface area contributed by atoms with Crippen molar-refractivity contribution in [3.05, 3.63) is 29.1 Å². The van der Waals surface area contributed by atoms with Crippen molar-refractivity contribution < 1.29 is 23.9 Å². The fraction of sp³-hybridized carbons (Fsp3) is 0.550. The highest BCUT2D eigenvalue weighted by Gasteiger charge is 2.37. The molecule has 1 saturated heterocycles. The molecule has 1 fully saturated rings. The average molecular weight is 421 g/mol. The van der Waals surface area contributed by atoms with Crippen LogP contribution in [-0.2, 0) is 4.84 Å². The Morgan fingerprint density at radius 1 is 1.40 bits per heavy atom. The zero-order chi connectivity index (χ0) is 22.0. The van der Waals surface area contributed by atoms with Crippen LogP contribution in [0.3, 0.4) is 0 Å². The van der Waals surface area contributed by atoms with E-state index < -0.39 is 17.8 Å². The van der Waals surface area contributed by atoms with Gasteiger partial charge in [-0.05, 0) is 37.3 Å². The topological polar surface area (TPSA) is 120 Å². The lowest BCUT2D eigenvalue weighted by atomic mass is 9.80. The summed E-state index contributed by atoms with van der Waals surface area (Å²) in [5.41, 5.74) is 3.54. The number of carbonyl (C=O) groups excluding carboxylic acids is 1. The van der Waals surface area contributed by atoms with Gasteiger partial charge < -0.3 is 19.7 Å². The number of carbonyl (C=O) groups is 2. The second-order valence-electron chi connectivity index (χ2n) is 7.89. The quantitative estimate of drug-likeness (QED) is 0.389. The van der Waals surface area contributed by atoms with Crippen molar-refractivity contribution in [1.82, 2.24) is 10.3 Å². The fourth-order valence-corrected chi connectivity index (χ4v) is 4.70. The second-order valence-corrected chi connectivity index (χ2v) is 7.89. The summed E-state index contributed by atoms with van der Waals surface area (Å²) < 4.78 is 15.0. The van der Waals surface area contributed by atoms with E-state index in [0.717, 1.165) is 6.07 Å². The first-order chi connectivity index (χ1) is 14.3. The van der Waals surface area contributed by atoms with Gasteiger partial charge in [0.05, 0.1) is 11.3 Å². The van der Waals surface area contributed by atoms with E-state index in [0.29, 0.717) is 49.4 Å². The zero-order valence-corrected chi connectivity index (χ0v) is 17.4. The Morgan fingerprint density at radius 3 is 2.73 bits per heavy atom. The number of oxime groups is 1. The van der Waals surface area contributed by atoms with Gasteiger partial charge in [-0.3, -0.25) is 10.2 Å². The van der Waals surface area contributed by atoms with E-state index in [4.69, 9.17) is 10.7 Å². The number of carboxylic acid groups (broad SMARTS) is 1. The van der Waals surface area contributed by atoms with Crippen LogP contribution < -0.4 is 16.2 Å². The molecule has 2 amide bonds. The number of likely N-dealkylation sites (tertiary alicyclic amines) is 1. The van der Waals surface area contributed by atoms with E-state index in [1.54, 1.807) is 6.07 Å². The lowest BCUT2D eigenvalue weighted by Gasteiger charge is -2.45. The molecule has 0 spiro atoms. The van der Waals surface area contributed by atoms with Gasteiger partial charge in [-0.2, -0.15) is 0 Å². The van der Waals surface area contributed by atoms with Gasteiger partial charge in [0.2, 0.25) is 0 Å². The number of hydrazine groups is 1. The van der Waals surface area contributed by atoms with E-state index in [2.05, 4.69) is 17.0 Å². The highest BCUT2D eigenvalue weighted by atomic mass is 19.1. The number of rotatable bonds is 4. The zero-order valence-electron chi connectivity index (χ0n) is 17.4. The summed E-state index contributed by atoms with van der Waals surface area (Å²) in [6, 6.07) is 2.78. The molecular weight excluding hydrogens is 393 g/mol. The molecule has 0 radical (unpaired) electrons. The minimum atomic E-state index is -0.906. The number of piperidine rings is 1. The normalized spacial score (nSPS) is 23.7. The van der Waals surface area contributed by atoms with E-state index in [1.807, 2.05) is 12.3 Å². The highest BCUT2D eigenvalue weighted by molar-refractivity contribution is 6.08. The van der Waals surface area contributed by atoms with Gasteiger partial charge in [-0.25, -0.2) is 15.0 Å². The van der Waals surface area contributed by atoms with Crippen LogP contribution in [-0.4, -0.2) is 60.5 Å². The summed E-state index contributed by atoms with van der Waals surface area (Å²) in [4.78, 5) is 31.8. The molecule has 0 unspecified atom stereocenters. The van der Waals surface area contributed by atoms with Crippen LogP contribution in [0.4, 0.5) is 14.9 Å². The molecule has 0 aromatic heterocycles. The SMILES string of the molecule is CO/N=C1\CCN([C@@H](C)[C@H]2CCN(C(=O)O)C[C@H]2C)c2cc(C(=O)NN)cc(F)c21. The van der Waals surface area contributed by atoms with E-state index in [1.165, 1.54) is 12.0 Å². The Labute approximate surface area is 174 Å². The molecule has 2 heterocycles. The van der Waals surface area contributed by atoms with Crippen LogP contribution in [0.15, 0.2) is 17.3 Å². The van der Waals surface area contributed by atoms with Gasteiger partial charge in [0, 0.05) is 43.3 Å². The lowest BCUT2D eigenvalue weighted by Crippen LogP contribution is -2.51. The highest BCUT2D eigenvalue weighted by Crippen LogP contribution is 2.37. The van der Waals surface area contributed by atoms with Crippen LogP contribution in [0.2, 0.25) is 0 Å². The number of halogens is 1. The molecule has 0 bridgehead atoms. The number of nitrogens with one attached hydrogen (secondary N) is 1. The molecule has 2 aliphatic heterocycles. The summed E-state index contributed by atoms with van der Waals surface area (Å²) in [5, 5.41) is 13.3. The lowest BCUT2D eigenvalue weighted by molar-refractivity contribution is 0.0942. The summed E-state index contributed by atoms with van der Waals surface area (Å²) in [6.45, 7) is 5.61. The van der Waals surface area contributed by atoms with Crippen molar-refractivity contribution in [2.45, 2.75) is 32.7 Å². The Balaban J connectivity index is 1.98. The molecule has 3 atom stereocenters. The monoisotopic (exact) mass is 421 g/mol. The predicted molar refractivity (Wildman–Crippen MR) is 110 cm³/mol. The Hall–Kier alpha value is -2.88. The minimum Gasteiger partial charge on any atom is -0.465 e. The number of benzene rings is 1. The minimum absolute atomic E-state index is 0.00868. The molecule has 3 rings (SSSR count). The number of amides is 2. The summed E-state index contributed by atoms with van der Waals surface area (Å²) >= 11 is 0. The molecule has 4 N–H and O–H groups in total. The third-order valence-corrected chi connectivity index (χ3v) is 6.21. The van der Waals surface area contributed by atoms with E-state index in [9.17, 15) is 14.7 Å². The van der Waals surface area contributed by atoms with Crippen molar-refractivity contribution >= 4 is 23.4 Å². The van der Waals surface area contributed by atoms with Gasteiger partial charge >= 0.3 is 6.09 Å². The predicted octanol–water partition coefficient (Wildman–Crippen LogP) is 2.01. The number of hydrogen-bond acceptors (Lipinski definition) is 6. The molecule has 9 nitrogen and oxygen atoms in total. The third kappa shape index (κ3) is 4.04. The summed E-state index contributed by atoms with van der Waals surface area (Å²) in [7, 11) is 1.41. The molecule has 1 aromatic rings. The summed E-state index contributed by atoms with van der Waals surface area (Å²) in [5.74, 6) is 4.45. The molecule has 0 saturated carbocycles. The first-order valence-electron chi connectivity index (χ1n) is 9.97. The molecular formula is C20H28FN5O4. The van der Waals surface area contributed by atoms with Gasteiger partial charge in [0.1, 0.15) is 12.9 Å². The Kier molecular flexibility index (Phi) is 6.45. The number of nitrogens with zero attached hydrogens (tertiary/aromatic N) is 3. The standard InChI is InChI=1S/C20H28FN5O4/c1-11-10-25(20(28)29)6-4-14(11)12(2)26-7-5-16(24-30-3)18-15(21)8-13(9-17(18)26)19(27)23-22/h8-9,11-12,14H,4-7,10,22H2,1-3H3,(H,23,27)(H,28,29)/b24-16+/t11-,12+,14+/m1/s1. The molecule has 30 heavy (non-hydrogen) atoms. The number of hydrogen-bond donors (Lipinski definition) is 3. The van der Waals surface area contributed by atoms with Gasteiger partial charge in [-0.15, -0.1) is 0 Å². The van der Waals surface area contributed by atoms with Gasteiger partial charge in [0.15, 0.2) is 0 Å². The number of nitrogen functional groups attached to an aromatic ring is 1. The maximum absolute atomic E-state index is 15.0. The van der Waals surface area contributed by atoms with E-state index in [-0.39, 0.29) is 23.4 Å². The first kappa shape index (κ1) is 21.8. The smallest absolute Gasteiger partial charge is 0.407 e. The maximum atomic E-state index is 15.0. The average Bonchev–Trinajstić information content (AvgIpc) is 2.72. The van der Waals surface area contributed by atoms with Crippen LogP contribution in [0.25, 0.3) is 0 Å². The van der Waals surface area contributed by atoms with Crippen molar-refractivity contribution in [1.29, 1.82) is 0 Å². The molecule has 1 aromatic carbocycles. The Bertz CT molecular complexity index is 862. The van der Waals surface area contributed by atoms with Crippen molar-refractivity contribution in [2.75, 3.05) is 31.6 Å². The van der Waals surface area contributed by atoms with Crippen LogP contribution in [0, 0.1) is 17.7 Å². The van der Waals surface area contributed by atoms with Crippen LogP contribution in [0.5, 0.6) is 0 Å². The molecule has 0 aliphatic carbocycles. The van der Waals surface area contributed by atoms with Crippen LogP contribution in [0.1, 0.15) is 42.6 Å². The largest absolute Gasteiger partial charge is 0.465 e. The van der Waals surface area contributed by atoms with Gasteiger partial charge in [0.25, 0.3) is 5.91 Å². The van der Waals surface area contributed by atoms with Crippen LogP contribution >= 0.6 is 0 Å². The van der Waals surface area contributed by atoms with Crippen molar-refractivity contribution in [3.63, 3.8) is 0 Å². The fourth-order valence-electron chi connectivity index (χ4n) is 4.70. The second kappa shape index (κ2) is 8.86.